The molecule has 0 aromatic heterocycles. The van der Waals surface area contributed by atoms with E-state index in [1.165, 1.54) is 12.4 Å². The van der Waals surface area contributed by atoms with Crippen LogP contribution in [0.1, 0.15) is 33.6 Å². The quantitative estimate of drug-likeness (QED) is 0.309. The number of piperidine rings is 1. The van der Waals surface area contributed by atoms with Crippen molar-refractivity contribution < 1.29 is 9.47 Å². The minimum absolute atomic E-state index is 0.351. The van der Waals surface area contributed by atoms with Crippen molar-refractivity contribution >= 4 is 28.9 Å². The Bertz CT molecular complexity index is 824. The van der Waals surface area contributed by atoms with E-state index in [0.29, 0.717) is 23.5 Å². The SMILES string of the molecule is C=C(CN1CCC(COc2ccccc2NC(=S)NC)CC1)C(=N/C=C\N)OC(C)(C)C. The second-order valence-corrected chi connectivity index (χ2v) is 9.23. The number of likely N-dealkylation sites (tertiary alicyclic amines) is 1. The number of para-hydroxylation sites is 2. The summed E-state index contributed by atoms with van der Waals surface area (Å²) in [5.41, 5.74) is 6.82. The summed E-state index contributed by atoms with van der Waals surface area (Å²) in [6.45, 7) is 13.5. The first-order valence-corrected chi connectivity index (χ1v) is 11.4. The van der Waals surface area contributed by atoms with Crippen LogP contribution >= 0.6 is 12.2 Å². The predicted octanol–water partition coefficient (Wildman–Crippen LogP) is 3.89. The molecule has 0 radical (unpaired) electrons. The summed E-state index contributed by atoms with van der Waals surface area (Å²) < 4.78 is 12.1. The third-order valence-electron chi connectivity index (χ3n) is 4.94. The molecule has 0 amide bonds. The maximum atomic E-state index is 6.13. The number of nitrogens with one attached hydrogen (secondary N) is 2. The first-order chi connectivity index (χ1) is 15.2. The maximum absolute atomic E-state index is 6.13. The standard InChI is InChI=1S/C24H37N5O2S/c1-18(22(27-13-12-25)31-24(2,3)4)16-29-14-10-19(11-15-29)17-30-21-9-7-6-8-20(21)28-23(32)26-5/h6-9,12-13,19H,1,10-11,14-17,25H2,2-5H3,(H2,26,28,32)/b13-12-,27-22?. The first-order valence-electron chi connectivity index (χ1n) is 11.0. The fourth-order valence-electron chi connectivity index (χ4n) is 3.33. The fourth-order valence-corrected chi connectivity index (χ4v) is 3.44. The summed E-state index contributed by atoms with van der Waals surface area (Å²) >= 11 is 5.21. The van der Waals surface area contributed by atoms with E-state index in [1.807, 2.05) is 45.0 Å². The summed E-state index contributed by atoms with van der Waals surface area (Å²) in [5.74, 6) is 1.85. The van der Waals surface area contributed by atoms with Crippen LogP contribution in [0.4, 0.5) is 5.69 Å². The molecule has 8 heteroatoms. The van der Waals surface area contributed by atoms with Crippen molar-refractivity contribution in [3.63, 3.8) is 0 Å². The Morgan fingerprint density at radius 1 is 1.31 bits per heavy atom. The van der Waals surface area contributed by atoms with Gasteiger partial charge in [-0.05, 0) is 77.0 Å². The highest BCUT2D eigenvalue weighted by molar-refractivity contribution is 7.80. The third-order valence-corrected chi connectivity index (χ3v) is 5.25. The molecule has 1 aliphatic heterocycles. The van der Waals surface area contributed by atoms with Gasteiger partial charge in [0.15, 0.2) is 5.11 Å². The lowest BCUT2D eigenvalue weighted by Gasteiger charge is -2.33. The molecule has 0 saturated carbocycles. The molecule has 1 aliphatic rings. The van der Waals surface area contributed by atoms with E-state index in [0.717, 1.165) is 49.5 Å². The van der Waals surface area contributed by atoms with Crippen LogP contribution in [0.3, 0.4) is 0 Å². The van der Waals surface area contributed by atoms with Crippen molar-refractivity contribution in [3.8, 4) is 5.75 Å². The predicted molar refractivity (Wildman–Crippen MR) is 137 cm³/mol. The average Bonchev–Trinajstić information content (AvgIpc) is 2.76. The Morgan fingerprint density at radius 3 is 2.62 bits per heavy atom. The number of anilines is 1. The number of aliphatic imine (C=N–C) groups is 1. The lowest BCUT2D eigenvalue weighted by molar-refractivity contribution is 0.114. The zero-order valence-corrected chi connectivity index (χ0v) is 20.5. The summed E-state index contributed by atoms with van der Waals surface area (Å²) in [6, 6.07) is 7.86. The molecule has 0 atom stereocenters. The Balaban J connectivity index is 1.85. The molecule has 0 spiro atoms. The topological polar surface area (TPSA) is 84.1 Å². The minimum atomic E-state index is -0.351. The van der Waals surface area contributed by atoms with Crippen LogP contribution in [0.25, 0.3) is 0 Å². The molecule has 32 heavy (non-hydrogen) atoms. The Hall–Kier alpha value is -2.58. The van der Waals surface area contributed by atoms with Gasteiger partial charge < -0.3 is 25.8 Å². The van der Waals surface area contributed by atoms with Gasteiger partial charge in [0.25, 0.3) is 0 Å². The highest BCUT2D eigenvalue weighted by atomic mass is 32.1. The van der Waals surface area contributed by atoms with Gasteiger partial charge >= 0.3 is 0 Å². The van der Waals surface area contributed by atoms with E-state index in [4.69, 9.17) is 27.4 Å². The lowest BCUT2D eigenvalue weighted by atomic mass is 9.97. The highest BCUT2D eigenvalue weighted by Crippen LogP contribution is 2.26. The maximum Gasteiger partial charge on any atom is 0.217 e. The minimum Gasteiger partial charge on any atom is -0.491 e. The third kappa shape index (κ3) is 8.88. The number of nitrogens with two attached hydrogens (primary N) is 1. The van der Waals surface area contributed by atoms with E-state index in [1.54, 1.807) is 7.05 Å². The van der Waals surface area contributed by atoms with E-state index < -0.39 is 0 Å². The summed E-state index contributed by atoms with van der Waals surface area (Å²) in [5, 5.41) is 6.65. The fraction of sp³-hybridized carbons (Fsp3) is 0.500. The van der Waals surface area contributed by atoms with E-state index >= 15 is 0 Å². The van der Waals surface area contributed by atoms with Crippen LogP contribution in [0.5, 0.6) is 5.75 Å². The molecule has 0 unspecified atom stereocenters. The van der Waals surface area contributed by atoms with Gasteiger partial charge in [-0.25, -0.2) is 4.99 Å². The number of rotatable bonds is 8. The van der Waals surface area contributed by atoms with Gasteiger partial charge in [0.05, 0.1) is 12.3 Å². The van der Waals surface area contributed by atoms with Crippen molar-refractivity contribution in [1.82, 2.24) is 10.2 Å². The monoisotopic (exact) mass is 459 g/mol. The van der Waals surface area contributed by atoms with E-state index in [-0.39, 0.29) is 5.60 Å². The molecule has 7 nitrogen and oxygen atoms in total. The number of benzene rings is 1. The molecule has 1 saturated heterocycles. The number of hydrogen-bond acceptors (Lipinski definition) is 6. The molecule has 176 valence electrons. The van der Waals surface area contributed by atoms with Gasteiger partial charge in [-0.3, -0.25) is 4.90 Å². The number of ether oxygens (including phenoxy) is 2. The van der Waals surface area contributed by atoms with E-state index in [2.05, 4.69) is 27.1 Å². The van der Waals surface area contributed by atoms with Crippen molar-refractivity contribution in [2.75, 3.05) is 38.6 Å². The second kappa shape index (κ2) is 12.5. The molecular formula is C24H37N5O2S. The van der Waals surface area contributed by atoms with Crippen LogP contribution in [0, 0.1) is 5.92 Å². The van der Waals surface area contributed by atoms with Gasteiger partial charge in [-0.1, -0.05) is 18.7 Å². The molecule has 0 bridgehead atoms. The van der Waals surface area contributed by atoms with Crippen molar-refractivity contribution in [3.05, 3.63) is 48.8 Å². The Labute approximate surface area is 197 Å². The highest BCUT2D eigenvalue weighted by Gasteiger charge is 2.23. The summed E-state index contributed by atoms with van der Waals surface area (Å²) in [6.07, 6.45) is 5.05. The number of thiocarbonyl (C=S) groups is 1. The lowest BCUT2D eigenvalue weighted by Crippen LogP contribution is -2.38. The van der Waals surface area contributed by atoms with Gasteiger partial charge in [0, 0.05) is 31.6 Å². The first kappa shape index (κ1) is 25.7. The van der Waals surface area contributed by atoms with Crippen LogP contribution in [0.15, 0.2) is 53.8 Å². The van der Waals surface area contributed by atoms with Gasteiger partial charge in [0.2, 0.25) is 5.90 Å². The van der Waals surface area contributed by atoms with Crippen LogP contribution < -0.4 is 21.1 Å². The number of nitrogens with zero attached hydrogens (tertiary/aromatic N) is 2. The molecule has 1 heterocycles. The zero-order chi connectivity index (χ0) is 23.6. The van der Waals surface area contributed by atoms with Crippen LogP contribution in [-0.4, -0.2) is 54.8 Å². The molecular weight excluding hydrogens is 422 g/mol. The van der Waals surface area contributed by atoms with Crippen molar-refractivity contribution in [2.45, 2.75) is 39.2 Å². The van der Waals surface area contributed by atoms with Gasteiger partial charge in [-0.15, -0.1) is 0 Å². The normalized spacial score (nSPS) is 16.1. The summed E-state index contributed by atoms with van der Waals surface area (Å²) in [7, 11) is 1.79. The molecule has 2 rings (SSSR count). The second-order valence-electron chi connectivity index (χ2n) is 8.82. The van der Waals surface area contributed by atoms with Gasteiger partial charge in [0.1, 0.15) is 11.4 Å². The van der Waals surface area contributed by atoms with Crippen molar-refractivity contribution in [2.24, 2.45) is 16.6 Å². The smallest absolute Gasteiger partial charge is 0.217 e. The Kier molecular flexibility index (Phi) is 9.99. The van der Waals surface area contributed by atoms with Gasteiger partial charge in [-0.2, -0.15) is 0 Å². The van der Waals surface area contributed by atoms with Crippen molar-refractivity contribution in [1.29, 1.82) is 0 Å². The Morgan fingerprint density at radius 2 is 2.00 bits per heavy atom. The van der Waals surface area contributed by atoms with Crippen LogP contribution in [-0.2, 0) is 4.74 Å². The zero-order valence-electron chi connectivity index (χ0n) is 19.7. The van der Waals surface area contributed by atoms with E-state index in [9.17, 15) is 0 Å². The molecule has 0 aliphatic carbocycles. The molecule has 1 fully saturated rings. The van der Waals surface area contributed by atoms with Crippen LogP contribution in [0.2, 0.25) is 0 Å². The number of hydrogen-bond donors (Lipinski definition) is 3. The molecule has 4 N–H and O–H groups in total. The summed E-state index contributed by atoms with van der Waals surface area (Å²) in [4.78, 5) is 6.71. The average molecular weight is 460 g/mol. The largest absolute Gasteiger partial charge is 0.491 e. The molecule has 1 aromatic rings. The molecule has 1 aromatic carbocycles.